The molecule has 0 heterocycles. The van der Waals surface area contributed by atoms with E-state index in [4.69, 9.17) is 5.11 Å². The number of halogens is 1. The molecular weight excluding hydrogens is 249 g/mol. The fourth-order valence-corrected chi connectivity index (χ4v) is 1.75. The summed E-state index contributed by atoms with van der Waals surface area (Å²) in [7, 11) is 1.57. The first-order chi connectivity index (χ1) is 8.91. The summed E-state index contributed by atoms with van der Waals surface area (Å²) in [5.41, 5.74) is 0.495. The third-order valence-corrected chi connectivity index (χ3v) is 3.09. The number of aryl methyl sites for hydroxylation is 1. The number of carboxylic acids is 1. The third-order valence-electron chi connectivity index (χ3n) is 3.09. The largest absolute Gasteiger partial charge is 0.481 e. The highest BCUT2D eigenvalue weighted by Crippen LogP contribution is 2.11. The van der Waals surface area contributed by atoms with Crippen LogP contribution in [0.1, 0.15) is 25.3 Å². The number of nitrogens with zero attached hydrogens (tertiary/aromatic N) is 1. The summed E-state index contributed by atoms with van der Waals surface area (Å²) in [5, 5.41) is 8.67. The van der Waals surface area contributed by atoms with Crippen LogP contribution in [0.25, 0.3) is 0 Å². The topological polar surface area (TPSA) is 57.6 Å². The van der Waals surface area contributed by atoms with Crippen molar-refractivity contribution in [3.8, 4) is 0 Å². The van der Waals surface area contributed by atoms with E-state index in [0.29, 0.717) is 12.0 Å². The molecule has 1 atom stereocenters. The van der Waals surface area contributed by atoms with E-state index in [9.17, 15) is 14.0 Å². The Hall–Kier alpha value is -1.91. The van der Waals surface area contributed by atoms with Crippen molar-refractivity contribution in [2.45, 2.75) is 32.2 Å². The van der Waals surface area contributed by atoms with Gasteiger partial charge in [0.2, 0.25) is 5.91 Å². The normalized spacial score (nSPS) is 11.9. The first kappa shape index (κ1) is 15.1. The number of carbonyl (C=O) groups is 2. The summed E-state index contributed by atoms with van der Waals surface area (Å²) < 4.78 is 13.4. The van der Waals surface area contributed by atoms with Crippen molar-refractivity contribution in [2.24, 2.45) is 0 Å². The zero-order valence-corrected chi connectivity index (χ0v) is 11.1. The molecule has 0 saturated carbocycles. The molecule has 5 heteroatoms. The van der Waals surface area contributed by atoms with Gasteiger partial charge in [-0.05, 0) is 25.0 Å². The molecule has 0 aliphatic rings. The van der Waals surface area contributed by atoms with Crippen molar-refractivity contribution in [3.63, 3.8) is 0 Å². The molecule has 0 aliphatic carbocycles. The Labute approximate surface area is 111 Å². The first-order valence-corrected chi connectivity index (χ1v) is 6.12. The minimum Gasteiger partial charge on any atom is -0.481 e. The van der Waals surface area contributed by atoms with Gasteiger partial charge in [-0.1, -0.05) is 18.2 Å². The molecular formula is C14H18FNO3. The quantitative estimate of drug-likeness (QED) is 0.858. The highest BCUT2D eigenvalue weighted by atomic mass is 19.1. The van der Waals surface area contributed by atoms with Crippen LogP contribution in [0.5, 0.6) is 0 Å². The van der Waals surface area contributed by atoms with Crippen LogP contribution in [-0.4, -0.2) is 35.0 Å². The Morgan fingerprint density at radius 3 is 2.58 bits per heavy atom. The third kappa shape index (κ3) is 4.69. The fraction of sp³-hybridized carbons (Fsp3) is 0.429. The maximum atomic E-state index is 13.4. The Kier molecular flexibility index (Phi) is 5.48. The van der Waals surface area contributed by atoms with Crippen molar-refractivity contribution >= 4 is 11.9 Å². The summed E-state index contributed by atoms with van der Waals surface area (Å²) in [5.74, 6) is -1.45. The molecule has 0 fully saturated rings. The summed E-state index contributed by atoms with van der Waals surface area (Å²) in [6.07, 6.45) is 0.388. The molecule has 1 unspecified atom stereocenters. The van der Waals surface area contributed by atoms with Crippen LogP contribution in [0.3, 0.4) is 0 Å². The van der Waals surface area contributed by atoms with E-state index < -0.39 is 5.97 Å². The Balaban J connectivity index is 2.51. The lowest BCUT2D eigenvalue weighted by Gasteiger charge is -2.23. The molecule has 104 valence electrons. The van der Waals surface area contributed by atoms with Gasteiger partial charge in [-0.15, -0.1) is 0 Å². The van der Waals surface area contributed by atoms with Gasteiger partial charge in [0.1, 0.15) is 5.82 Å². The van der Waals surface area contributed by atoms with Gasteiger partial charge < -0.3 is 10.0 Å². The SMILES string of the molecule is CC(CC(=O)O)N(C)C(=O)CCc1ccccc1F. The number of carboxylic acid groups (broad SMARTS) is 1. The van der Waals surface area contributed by atoms with Crippen LogP contribution in [0.2, 0.25) is 0 Å². The second-order valence-electron chi connectivity index (χ2n) is 4.54. The molecule has 0 aliphatic heterocycles. The lowest BCUT2D eigenvalue weighted by molar-refractivity contribution is -0.139. The molecule has 0 bridgehead atoms. The standard InChI is InChI=1S/C14H18FNO3/c1-10(9-14(18)19)16(2)13(17)8-7-11-5-3-4-6-12(11)15/h3-6,10H,7-9H2,1-2H3,(H,18,19). The maximum absolute atomic E-state index is 13.4. The molecule has 1 rings (SSSR count). The van der Waals surface area contributed by atoms with Crippen LogP contribution in [0, 0.1) is 5.82 Å². The van der Waals surface area contributed by atoms with Crippen molar-refractivity contribution in [1.29, 1.82) is 0 Å². The monoisotopic (exact) mass is 267 g/mol. The molecule has 4 nitrogen and oxygen atoms in total. The first-order valence-electron chi connectivity index (χ1n) is 6.12. The van der Waals surface area contributed by atoms with Crippen LogP contribution >= 0.6 is 0 Å². The van der Waals surface area contributed by atoms with Gasteiger partial charge in [0, 0.05) is 19.5 Å². The molecule has 1 amide bonds. The van der Waals surface area contributed by atoms with E-state index in [2.05, 4.69) is 0 Å². The minimum atomic E-state index is -0.943. The smallest absolute Gasteiger partial charge is 0.305 e. The highest BCUT2D eigenvalue weighted by molar-refractivity contribution is 5.77. The van der Waals surface area contributed by atoms with E-state index in [1.165, 1.54) is 11.0 Å². The summed E-state index contributed by atoms with van der Waals surface area (Å²) in [6.45, 7) is 1.68. The van der Waals surface area contributed by atoms with Crippen molar-refractivity contribution in [1.82, 2.24) is 4.90 Å². The van der Waals surface area contributed by atoms with E-state index in [1.54, 1.807) is 32.2 Å². The van der Waals surface area contributed by atoms with Crippen LogP contribution in [0.4, 0.5) is 4.39 Å². The average molecular weight is 267 g/mol. The van der Waals surface area contributed by atoms with Crippen molar-refractivity contribution in [3.05, 3.63) is 35.6 Å². The molecule has 1 aromatic rings. The van der Waals surface area contributed by atoms with Gasteiger partial charge in [0.25, 0.3) is 0 Å². The average Bonchev–Trinajstić information content (AvgIpc) is 2.35. The van der Waals surface area contributed by atoms with Gasteiger partial charge in [0.05, 0.1) is 6.42 Å². The van der Waals surface area contributed by atoms with Crippen molar-refractivity contribution < 1.29 is 19.1 Å². The van der Waals surface area contributed by atoms with E-state index >= 15 is 0 Å². The number of rotatable bonds is 6. The Morgan fingerprint density at radius 2 is 2.00 bits per heavy atom. The molecule has 1 aromatic carbocycles. The minimum absolute atomic E-state index is 0.0953. The Bertz CT molecular complexity index is 462. The lowest BCUT2D eigenvalue weighted by atomic mass is 10.1. The number of benzene rings is 1. The van der Waals surface area contributed by atoms with Crippen molar-refractivity contribution in [2.75, 3.05) is 7.05 Å². The predicted octanol–water partition coefficient (Wildman–Crippen LogP) is 2.08. The lowest BCUT2D eigenvalue weighted by Crippen LogP contribution is -2.36. The van der Waals surface area contributed by atoms with Gasteiger partial charge in [-0.25, -0.2) is 4.39 Å². The zero-order chi connectivity index (χ0) is 14.4. The molecule has 0 saturated heterocycles. The van der Waals surface area contributed by atoms with Gasteiger partial charge in [-0.3, -0.25) is 9.59 Å². The van der Waals surface area contributed by atoms with E-state index in [-0.39, 0.29) is 30.6 Å². The molecule has 0 spiro atoms. The second kappa shape index (κ2) is 6.87. The van der Waals surface area contributed by atoms with Gasteiger partial charge >= 0.3 is 5.97 Å². The number of hydrogen-bond acceptors (Lipinski definition) is 2. The molecule has 0 aromatic heterocycles. The van der Waals surface area contributed by atoms with Crippen LogP contribution in [-0.2, 0) is 16.0 Å². The van der Waals surface area contributed by atoms with E-state index in [0.717, 1.165) is 0 Å². The fourth-order valence-electron chi connectivity index (χ4n) is 1.75. The molecule has 0 radical (unpaired) electrons. The van der Waals surface area contributed by atoms with Crippen LogP contribution < -0.4 is 0 Å². The van der Waals surface area contributed by atoms with Gasteiger partial charge in [-0.2, -0.15) is 0 Å². The molecule has 19 heavy (non-hydrogen) atoms. The number of hydrogen-bond donors (Lipinski definition) is 1. The summed E-state index contributed by atoms with van der Waals surface area (Å²) in [4.78, 5) is 23.8. The van der Waals surface area contributed by atoms with Crippen LogP contribution in [0.15, 0.2) is 24.3 Å². The zero-order valence-electron chi connectivity index (χ0n) is 11.1. The number of amides is 1. The Morgan fingerprint density at radius 1 is 1.37 bits per heavy atom. The number of aliphatic carboxylic acids is 1. The van der Waals surface area contributed by atoms with E-state index in [1.807, 2.05) is 0 Å². The number of carbonyl (C=O) groups excluding carboxylic acids is 1. The van der Waals surface area contributed by atoms with Gasteiger partial charge in [0.15, 0.2) is 0 Å². The highest BCUT2D eigenvalue weighted by Gasteiger charge is 2.18. The summed E-state index contributed by atoms with van der Waals surface area (Å²) >= 11 is 0. The maximum Gasteiger partial charge on any atom is 0.305 e. The summed E-state index contributed by atoms with van der Waals surface area (Å²) in [6, 6.07) is 5.95. The molecule has 1 N–H and O–H groups in total. The predicted molar refractivity (Wildman–Crippen MR) is 69.2 cm³/mol. The second-order valence-corrected chi connectivity index (χ2v) is 4.54.